The number of carbonyl (C=O) groups excluding carboxylic acids is 1. The van der Waals surface area contributed by atoms with E-state index in [0.29, 0.717) is 24.7 Å². The summed E-state index contributed by atoms with van der Waals surface area (Å²) in [5.74, 6) is 2.88. The second kappa shape index (κ2) is 8.60. The van der Waals surface area contributed by atoms with E-state index < -0.39 is 0 Å². The van der Waals surface area contributed by atoms with Crippen LogP contribution in [0.5, 0.6) is 0 Å². The number of pyridine rings is 1. The molecule has 1 unspecified atom stereocenters. The van der Waals surface area contributed by atoms with Crippen LogP contribution in [0.25, 0.3) is 0 Å². The van der Waals surface area contributed by atoms with Gasteiger partial charge in [0.1, 0.15) is 23.8 Å². The molecule has 1 aliphatic heterocycles. The molecule has 0 spiro atoms. The number of nitrogens with zero attached hydrogens (tertiary/aromatic N) is 4. The van der Waals surface area contributed by atoms with Crippen molar-refractivity contribution in [3.63, 3.8) is 0 Å². The number of aryl methyl sites for hydroxylation is 1. The summed E-state index contributed by atoms with van der Waals surface area (Å²) in [6.45, 7) is 6.80. The second-order valence-electron chi connectivity index (χ2n) is 6.90. The molecule has 138 valence electrons. The summed E-state index contributed by atoms with van der Waals surface area (Å²) in [7, 11) is 0. The van der Waals surface area contributed by atoms with Crippen molar-refractivity contribution >= 4 is 23.4 Å². The van der Waals surface area contributed by atoms with Gasteiger partial charge in [-0.2, -0.15) is 0 Å². The Bertz CT molecular complexity index is 733. The third-order valence-corrected chi connectivity index (χ3v) is 4.47. The van der Waals surface area contributed by atoms with E-state index in [1.54, 1.807) is 18.6 Å². The molecule has 26 heavy (non-hydrogen) atoms. The minimum absolute atomic E-state index is 0.0759. The van der Waals surface area contributed by atoms with Crippen LogP contribution in [0.15, 0.2) is 30.7 Å². The highest BCUT2D eigenvalue weighted by Gasteiger charge is 2.17. The lowest BCUT2D eigenvalue weighted by molar-refractivity contribution is -0.116. The van der Waals surface area contributed by atoms with E-state index in [0.717, 1.165) is 30.3 Å². The maximum atomic E-state index is 12.0. The minimum atomic E-state index is -0.0759. The molecule has 1 fully saturated rings. The molecule has 1 saturated heterocycles. The SMILES string of the molecule is Cc1ccc(NC(=O)CCNc2cc(N3CCCC(C)C3)ncn2)nc1. The molecule has 2 aromatic heterocycles. The lowest BCUT2D eigenvalue weighted by Crippen LogP contribution is -2.34. The van der Waals surface area contributed by atoms with Crippen molar-refractivity contribution in [1.82, 2.24) is 15.0 Å². The Morgan fingerprint density at radius 2 is 2.15 bits per heavy atom. The predicted molar refractivity (Wildman–Crippen MR) is 103 cm³/mol. The van der Waals surface area contributed by atoms with Gasteiger partial charge in [-0.1, -0.05) is 13.0 Å². The number of carbonyl (C=O) groups is 1. The summed E-state index contributed by atoms with van der Waals surface area (Å²) in [6, 6.07) is 5.68. The van der Waals surface area contributed by atoms with Gasteiger partial charge in [0.2, 0.25) is 5.91 Å². The zero-order valence-electron chi connectivity index (χ0n) is 15.4. The van der Waals surface area contributed by atoms with Gasteiger partial charge in [0, 0.05) is 38.3 Å². The average Bonchev–Trinajstić information content (AvgIpc) is 2.64. The Morgan fingerprint density at radius 1 is 1.27 bits per heavy atom. The first-order valence-corrected chi connectivity index (χ1v) is 9.13. The largest absolute Gasteiger partial charge is 0.369 e. The number of hydrogen-bond acceptors (Lipinski definition) is 6. The van der Waals surface area contributed by atoms with Crippen LogP contribution in [-0.2, 0) is 4.79 Å². The monoisotopic (exact) mass is 354 g/mol. The normalized spacial score (nSPS) is 17.0. The molecular weight excluding hydrogens is 328 g/mol. The molecule has 3 rings (SSSR count). The molecule has 0 aliphatic carbocycles. The number of anilines is 3. The molecule has 7 nitrogen and oxygen atoms in total. The van der Waals surface area contributed by atoms with Gasteiger partial charge in [0.25, 0.3) is 0 Å². The van der Waals surface area contributed by atoms with E-state index in [1.807, 2.05) is 19.1 Å². The highest BCUT2D eigenvalue weighted by molar-refractivity contribution is 5.90. The molecule has 0 radical (unpaired) electrons. The highest BCUT2D eigenvalue weighted by Crippen LogP contribution is 2.22. The first-order chi connectivity index (χ1) is 12.6. The fourth-order valence-electron chi connectivity index (χ4n) is 3.07. The molecule has 3 heterocycles. The predicted octanol–water partition coefficient (Wildman–Crippen LogP) is 2.86. The van der Waals surface area contributed by atoms with Crippen LogP contribution < -0.4 is 15.5 Å². The zero-order valence-corrected chi connectivity index (χ0v) is 15.4. The third kappa shape index (κ3) is 5.15. The van der Waals surface area contributed by atoms with Crippen LogP contribution in [0.3, 0.4) is 0 Å². The lowest BCUT2D eigenvalue weighted by Gasteiger charge is -2.31. The van der Waals surface area contributed by atoms with Crippen LogP contribution in [0.1, 0.15) is 31.7 Å². The number of piperidine rings is 1. The molecule has 1 aliphatic rings. The summed E-state index contributed by atoms with van der Waals surface area (Å²) in [4.78, 5) is 27.1. The van der Waals surface area contributed by atoms with E-state index in [4.69, 9.17) is 0 Å². The Hall–Kier alpha value is -2.70. The molecule has 0 bridgehead atoms. The van der Waals surface area contributed by atoms with Crippen molar-refractivity contribution in [3.05, 3.63) is 36.3 Å². The number of nitrogens with one attached hydrogen (secondary N) is 2. The Balaban J connectivity index is 1.48. The summed E-state index contributed by atoms with van der Waals surface area (Å²) < 4.78 is 0. The number of rotatable bonds is 6. The molecule has 7 heteroatoms. The summed E-state index contributed by atoms with van der Waals surface area (Å²) in [5.41, 5.74) is 1.06. The molecule has 1 atom stereocenters. The van der Waals surface area contributed by atoms with Gasteiger partial charge in [-0.25, -0.2) is 15.0 Å². The van der Waals surface area contributed by atoms with Gasteiger partial charge in [0.05, 0.1) is 0 Å². The molecule has 0 saturated carbocycles. The first-order valence-electron chi connectivity index (χ1n) is 9.13. The van der Waals surface area contributed by atoms with Gasteiger partial charge >= 0.3 is 0 Å². The summed E-state index contributed by atoms with van der Waals surface area (Å²) in [6.07, 6.45) is 6.12. The summed E-state index contributed by atoms with van der Waals surface area (Å²) >= 11 is 0. The maximum absolute atomic E-state index is 12.0. The van der Waals surface area contributed by atoms with Crippen molar-refractivity contribution in [2.24, 2.45) is 5.92 Å². The van der Waals surface area contributed by atoms with Crippen LogP contribution in [0.4, 0.5) is 17.5 Å². The Labute approximate surface area is 154 Å². The van der Waals surface area contributed by atoms with Gasteiger partial charge in [0.15, 0.2) is 0 Å². The van der Waals surface area contributed by atoms with Gasteiger partial charge in [-0.15, -0.1) is 0 Å². The van der Waals surface area contributed by atoms with Crippen molar-refractivity contribution in [3.8, 4) is 0 Å². The van der Waals surface area contributed by atoms with Crippen molar-refractivity contribution in [2.75, 3.05) is 35.2 Å². The van der Waals surface area contributed by atoms with E-state index in [9.17, 15) is 4.79 Å². The molecule has 2 aromatic rings. The van der Waals surface area contributed by atoms with Crippen molar-refractivity contribution in [1.29, 1.82) is 0 Å². The van der Waals surface area contributed by atoms with E-state index in [1.165, 1.54) is 12.8 Å². The van der Waals surface area contributed by atoms with Crippen molar-refractivity contribution < 1.29 is 4.79 Å². The number of amides is 1. The van der Waals surface area contributed by atoms with Gasteiger partial charge in [-0.3, -0.25) is 4.79 Å². The fraction of sp³-hybridized carbons (Fsp3) is 0.474. The Morgan fingerprint density at radius 3 is 2.92 bits per heavy atom. The van der Waals surface area contributed by atoms with Gasteiger partial charge in [-0.05, 0) is 37.3 Å². The number of hydrogen-bond donors (Lipinski definition) is 2. The standard InChI is InChI=1S/C19H26N6O/c1-14-5-6-16(21-11-14)24-19(26)7-8-20-17-10-18(23-13-22-17)25-9-3-4-15(2)12-25/h5-6,10-11,13,15H,3-4,7-9,12H2,1-2H3,(H,20,22,23)(H,21,24,26). The Kier molecular flexibility index (Phi) is 5.99. The number of aromatic nitrogens is 3. The second-order valence-corrected chi connectivity index (χ2v) is 6.90. The quantitative estimate of drug-likeness (QED) is 0.830. The van der Waals surface area contributed by atoms with Crippen LogP contribution in [-0.4, -0.2) is 40.5 Å². The molecule has 0 aromatic carbocycles. The average molecular weight is 354 g/mol. The minimum Gasteiger partial charge on any atom is -0.369 e. The van der Waals surface area contributed by atoms with Crippen molar-refractivity contribution in [2.45, 2.75) is 33.1 Å². The fourth-order valence-corrected chi connectivity index (χ4v) is 3.07. The van der Waals surface area contributed by atoms with Crippen LogP contribution in [0, 0.1) is 12.8 Å². The molecular formula is C19H26N6O. The smallest absolute Gasteiger partial charge is 0.227 e. The van der Waals surface area contributed by atoms with Gasteiger partial charge < -0.3 is 15.5 Å². The highest BCUT2D eigenvalue weighted by atomic mass is 16.1. The zero-order chi connectivity index (χ0) is 18.4. The molecule has 2 N–H and O–H groups in total. The van der Waals surface area contributed by atoms with E-state index in [2.05, 4.69) is 37.4 Å². The summed E-state index contributed by atoms with van der Waals surface area (Å²) in [5, 5.41) is 5.99. The topological polar surface area (TPSA) is 83.0 Å². The third-order valence-electron chi connectivity index (χ3n) is 4.47. The van der Waals surface area contributed by atoms with E-state index in [-0.39, 0.29) is 5.91 Å². The molecule has 1 amide bonds. The lowest BCUT2D eigenvalue weighted by atomic mass is 10.0. The van der Waals surface area contributed by atoms with Crippen LogP contribution in [0.2, 0.25) is 0 Å². The maximum Gasteiger partial charge on any atom is 0.227 e. The van der Waals surface area contributed by atoms with Crippen LogP contribution >= 0.6 is 0 Å². The van der Waals surface area contributed by atoms with E-state index >= 15 is 0 Å². The first kappa shape index (κ1) is 18.1.